The molecule has 2 saturated heterocycles. The minimum absolute atomic E-state index is 0.0144. The van der Waals surface area contributed by atoms with Crippen molar-refractivity contribution in [3.63, 3.8) is 0 Å². The number of benzene rings is 2. The number of likely N-dealkylation sites (tertiary alicyclic amines) is 1. The van der Waals surface area contributed by atoms with Crippen molar-refractivity contribution in [2.75, 3.05) is 61.8 Å². The van der Waals surface area contributed by atoms with Gasteiger partial charge in [0.1, 0.15) is 5.75 Å². The minimum atomic E-state index is -4.57. The van der Waals surface area contributed by atoms with E-state index in [9.17, 15) is 22.8 Å². The van der Waals surface area contributed by atoms with Crippen LogP contribution in [0.25, 0.3) is 0 Å². The van der Waals surface area contributed by atoms with Gasteiger partial charge in [-0.05, 0) is 56.3 Å². The fourth-order valence-corrected chi connectivity index (χ4v) is 5.08. The van der Waals surface area contributed by atoms with E-state index in [1.54, 1.807) is 42.3 Å². The van der Waals surface area contributed by atoms with Crippen molar-refractivity contribution in [1.82, 2.24) is 19.8 Å². The fourth-order valence-electron chi connectivity index (χ4n) is 5.08. The van der Waals surface area contributed by atoms with E-state index in [4.69, 9.17) is 4.74 Å². The van der Waals surface area contributed by atoms with Gasteiger partial charge in [0, 0.05) is 81.4 Å². The molecule has 13 heteroatoms. The lowest BCUT2D eigenvalue weighted by atomic mass is 10.1. The summed E-state index contributed by atoms with van der Waals surface area (Å²) in [5.41, 5.74) is 0.576. The summed E-state index contributed by atoms with van der Waals surface area (Å²) in [5.74, 6) is 0.401. The van der Waals surface area contributed by atoms with Crippen LogP contribution < -0.4 is 20.3 Å². The summed E-state index contributed by atoms with van der Waals surface area (Å²) in [6.07, 6.45) is -2.25. The zero-order valence-electron chi connectivity index (χ0n) is 24.2. The molecule has 2 aliphatic heterocycles. The van der Waals surface area contributed by atoms with Crippen LogP contribution in [-0.2, 0) is 11.0 Å². The number of hydrogen-bond acceptors (Lipinski definition) is 8. The molecule has 3 aromatic rings. The number of hydrogen-bond donors (Lipinski definition) is 2. The molecule has 43 heavy (non-hydrogen) atoms. The minimum Gasteiger partial charge on any atom is -0.439 e. The number of likely N-dealkylation sites (N-methyl/N-ethyl adjacent to an activating group) is 1. The maximum Gasteiger partial charge on any atom is 0.416 e. The number of carbonyl (C=O) groups excluding carboxylic acids is 2. The summed E-state index contributed by atoms with van der Waals surface area (Å²) in [5, 5.41) is 5.86. The summed E-state index contributed by atoms with van der Waals surface area (Å²) in [6.45, 7) is 7.19. The lowest BCUT2D eigenvalue weighted by Gasteiger charge is -2.34. The third-order valence-corrected chi connectivity index (χ3v) is 7.63. The van der Waals surface area contributed by atoms with Crippen LogP contribution in [0.5, 0.6) is 11.6 Å². The Balaban J connectivity index is 1.31. The van der Waals surface area contributed by atoms with E-state index < -0.39 is 17.6 Å². The third kappa shape index (κ3) is 7.53. The lowest BCUT2D eigenvalue weighted by molar-refractivity contribution is -0.137. The Morgan fingerprint density at radius 1 is 1.02 bits per heavy atom. The molecule has 1 unspecified atom stereocenters. The van der Waals surface area contributed by atoms with Crippen LogP contribution in [0.1, 0.15) is 34.8 Å². The summed E-state index contributed by atoms with van der Waals surface area (Å²) in [6, 6.07) is 10.0. The van der Waals surface area contributed by atoms with Crippen LogP contribution >= 0.6 is 0 Å². The summed E-state index contributed by atoms with van der Waals surface area (Å²) < 4.78 is 47.2. The number of nitrogens with one attached hydrogen (secondary N) is 2. The highest BCUT2D eigenvalue weighted by molar-refractivity contribution is 6.04. The van der Waals surface area contributed by atoms with Crippen LogP contribution in [-0.4, -0.2) is 83.9 Å². The number of ether oxygens (including phenoxy) is 1. The molecule has 0 radical (unpaired) electrons. The molecule has 0 bridgehead atoms. The van der Waals surface area contributed by atoms with E-state index in [1.807, 2.05) is 11.9 Å². The Morgan fingerprint density at radius 3 is 2.49 bits per heavy atom. The second-order valence-corrected chi connectivity index (χ2v) is 10.9. The van der Waals surface area contributed by atoms with Crippen LogP contribution in [0.4, 0.5) is 30.5 Å². The lowest BCUT2D eigenvalue weighted by Crippen LogP contribution is -2.44. The number of aromatic nitrogens is 2. The highest BCUT2D eigenvalue weighted by Crippen LogP contribution is 2.35. The van der Waals surface area contributed by atoms with Gasteiger partial charge in [0.15, 0.2) is 0 Å². The molecule has 2 amide bonds. The van der Waals surface area contributed by atoms with E-state index in [1.165, 1.54) is 13.0 Å². The van der Waals surface area contributed by atoms with Gasteiger partial charge in [0.25, 0.3) is 5.91 Å². The molecule has 2 fully saturated rings. The molecule has 2 N–H and O–H groups in total. The van der Waals surface area contributed by atoms with E-state index in [0.29, 0.717) is 43.6 Å². The molecule has 0 spiro atoms. The highest BCUT2D eigenvalue weighted by Gasteiger charge is 2.32. The molecule has 2 aromatic carbocycles. The highest BCUT2D eigenvalue weighted by atomic mass is 19.4. The van der Waals surface area contributed by atoms with Gasteiger partial charge in [-0.2, -0.15) is 18.2 Å². The zero-order valence-corrected chi connectivity index (χ0v) is 24.2. The molecule has 3 heterocycles. The second-order valence-electron chi connectivity index (χ2n) is 10.9. The van der Waals surface area contributed by atoms with Crippen LogP contribution in [0.3, 0.4) is 0 Å². The molecule has 5 rings (SSSR count). The molecule has 0 saturated carbocycles. The molecular weight excluding hydrogens is 563 g/mol. The van der Waals surface area contributed by atoms with Crippen molar-refractivity contribution in [1.29, 1.82) is 0 Å². The Labute approximate surface area is 247 Å². The maximum atomic E-state index is 13.7. The van der Waals surface area contributed by atoms with Gasteiger partial charge in [0.2, 0.25) is 17.7 Å². The molecule has 2 aliphatic rings. The number of carbonyl (C=O) groups is 2. The maximum absolute atomic E-state index is 13.7. The average Bonchev–Trinajstić information content (AvgIpc) is 3.43. The zero-order chi connectivity index (χ0) is 30.7. The second kappa shape index (κ2) is 12.5. The van der Waals surface area contributed by atoms with Crippen molar-refractivity contribution in [3.05, 3.63) is 65.4 Å². The SMILES string of the molecule is CC(=O)N1CCC(Nc2nccc(Oc3cc(C(=O)Nc4cc(N5CCN(C)CC5)cc(C(F)(F)F)c4)ccc3C)n2)C1. The molecule has 0 aliphatic carbocycles. The van der Waals surface area contributed by atoms with Gasteiger partial charge in [-0.3, -0.25) is 9.59 Å². The van der Waals surface area contributed by atoms with Gasteiger partial charge in [0.05, 0.1) is 5.56 Å². The van der Waals surface area contributed by atoms with Crippen molar-refractivity contribution >= 4 is 29.1 Å². The smallest absolute Gasteiger partial charge is 0.416 e. The Kier molecular flexibility index (Phi) is 8.71. The first kappa shape index (κ1) is 30.1. The number of piperazine rings is 1. The molecule has 1 aromatic heterocycles. The van der Waals surface area contributed by atoms with Crippen molar-refractivity contribution in [2.24, 2.45) is 0 Å². The van der Waals surface area contributed by atoms with Gasteiger partial charge < -0.3 is 30.1 Å². The van der Waals surface area contributed by atoms with Crippen LogP contribution in [0, 0.1) is 6.92 Å². The molecule has 228 valence electrons. The first-order valence-corrected chi connectivity index (χ1v) is 14.1. The van der Waals surface area contributed by atoms with E-state index in [2.05, 4.69) is 25.5 Å². The number of amides is 2. The van der Waals surface area contributed by atoms with Gasteiger partial charge in [-0.25, -0.2) is 4.98 Å². The fraction of sp³-hybridized carbons (Fsp3) is 0.400. The Bertz CT molecular complexity index is 1490. The van der Waals surface area contributed by atoms with E-state index >= 15 is 0 Å². The average molecular weight is 598 g/mol. The van der Waals surface area contributed by atoms with Gasteiger partial charge in [-0.1, -0.05) is 6.07 Å². The monoisotopic (exact) mass is 597 g/mol. The number of aryl methyl sites for hydroxylation is 1. The number of alkyl halides is 3. The molecule has 10 nitrogen and oxygen atoms in total. The topological polar surface area (TPSA) is 103 Å². The molecule has 1 atom stereocenters. The van der Waals surface area contributed by atoms with Crippen molar-refractivity contribution in [3.8, 4) is 11.6 Å². The summed E-state index contributed by atoms with van der Waals surface area (Å²) >= 11 is 0. The van der Waals surface area contributed by atoms with Crippen LogP contribution in [0.2, 0.25) is 0 Å². The standard InChI is InChI=1S/C30H34F3N7O3/c1-19-4-5-21(14-26(19)43-27-6-8-34-29(37-27)36-23-7-9-40(18-23)20(2)41)28(42)35-24-15-22(30(31,32)33)16-25(17-24)39-12-10-38(3)11-13-39/h4-6,8,14-17,23H,7,9-13,18H2,1-3H3,(H,35,42)(H,34,36,37). The summed E-state index contributed by atoms with van der Waals surface area (Å²) in [7, 11) is 1.97. The number of nitrogens with zero attached hydrogens (tertiary/aromatic N) is 5. The predicted molar refractivity (Wildman–Crippen MR) is 157 cm³/mol. The quantitative estimate of drug-likeness (QED) is 0.407. The van der Waals surface area contributed by atoms with E-state index in [0.717, 1.165) is 37.2 Å². The Hall–Kier alpha value is -4.39. The predicted octanol–water partition coefficient (Wildman–Crippen LogP) is 4.63. The van der Waals surface area contributed by atoms with Crippen LogP contribution in [0.15, 0.2) is 48.7 Å². The third-order valence-electron chi connectivity index (χ3n) is 7.63. The van der Waals surface area contributed by atoms with Crippen molar-refractivity contribution in [2.45, 2.75) is 32.5 Å². The van der Waals surface area contributed by atoms with E-state index in [-0.39, 0.29) is 29.1 Å². The first-order chi connectivity index (χ1) is 20.4. The van der Waals surface area contributed by atoms with Crippen molar-refractivity contribution < 1.29 is 27.5 Å². The largest absolute Gasteiger partial charge is 0.439 e. The number of halogens is 3. The summed E-state index contributed by atoms with van der Waals surface area (Å²) in [4.78, 5) is 39.2. The van der Waals surface area contributed by atoms with Gasteiger partial charge >= 0.3 is 6.18 Å². The number of rotatable bonds is 7. The normalized spacial score (nSPS) is 17.6. The Morgan fingerprint density at radius 2 is 1.79 bits per heavy atom. The van der Waals surface area contributed by atoms with Gasteiger partial charge in [-0.15, -0.1) is 0 Å². The molecular formula is C30H34F3N7O3. The number of anilines is 3. The first-order valence-electron chi connectivity index (χ1n) is 14.1.